The van der Waals surface area contributed by atoms with E-state index in [1.165, 1.54) is 13.2 Å². The Morgan fingerprint density at radius 3 is 2.59 bits per heavy atom. The molecule has 0 aromatic heterocycles. The van der Waals surface area contributed by atoms with Gasteiger partial charge in [0.15, 0.2) is 0 Å². The lowest BCUT2D eigenvalue weighted by molar-refractivity contribution is -0.138. The molecule has 7 heteroatoms. The van der Waals surface area contributed by atoms with E-state index in [0.717, 1.165) is 13.1 Å². The Balaban J connectivity index is 2.30. The Morgan fingerprint density at radius 1 is 1.32 bits per heavy atom. The molecule has 0 radical (unpaired) electrons. The molecule has 2 N–H and O–H groups in total. The number of piperazine rings is 1. The van der Waals surface area contributed by atoms with Gasteiger partial charge in [0.2, 0.25) is 0 Å². The van der Waals surface area contributed by atoms with Crippen LogP contribution in [0.25, 0.3) is 0 Å². The van der Waals surface area contributed by atoms with Crippen LogP contribution in [0.1, 0.15) is 24.4 Å². The summed E-state index contributed by atoms with van der Waals surface area (Å²) in [6.45, 7) is 2.72. The predicted molar refractivity (Wildman–Crippen MR) is 77.1 cm³/mol. The van der Waals surface area contributed by atoms with Gasteiger partial charge in [0, 0.05) is 38.6 Å². The molecule has 0 aliphatic carbocycles. The Bertz CT molecular complexity index is 488. The maximum Gasteiger partial charge on any atom is 0.389 e. The van der Waals surface area contributed by atoms with Gasteiger partial charge in [-0.25, -0.2) is 0 Å². The molecule has 22 heavy (non-hydrogen) atoms. The zero-order chi connectivity index (χ0) is 16.2. The zero-order valence-electron chi connectivity index (χ0n) is 12.5. The molecule has 1 saturated heterocycles. The Kier molecular flexibility index (Phi) is 5.52. The highest BCUT2D eigenvalue weighted by Gasteiger charge is 2.33. The van der Waals surface area contributed by atoms with Crippen molar-refractivity contribution in [3.8, 4) is 11.5 Å². The topological polar surface area (TPSA) is 44.7 Å². The quantitative estimate of drug-likeness (QED) is 0.876. The van der Waals surface area contributed by atoms with Gasteiger partial charge in [0.1, 0.15) is 11.5 Å². The van der Waals surface area contributed by atoms with E-state index in [9.17, 15) is 18.3 Å². The minimum absolute atomic E-state index is 0.0231. The number of nitrogens with zero attached hydrogens (tertiary/aromatic N) is 1. The van der Waals surface area contributed by atoms with E-state index in [0.29, 0.717) is 24.4 Å². The van der Waals surface area contributed by atoms with Crippen LogP contribution in [0.3, 0.4) is 0 Å². The van der Waals surface area contributed by atoms with E-state index in [4.69, 9.17) is 4.74 Å². The van der Waals surface area contributed by atoms with E-state index in [2.05, 4.69) is 5.32 Å². The third-order valence-electron chi connectivity index (χ3n) is 3.89. The minimum atomic E-state index is -4.22. The molecule has 124 valence electrons. The summed E-state index contributed by atoms with van der Waals surface area (Å²) in [5, 5.41) is 13.3. The van der Waals surface area contributed by atoms with Crippen molar-refractivity contribution in [1.29, 1.82) is 0 Å². The van der Waals surface area contributed by atoms with Crippen LogP contribution in [0.4, 0.5) is 13.2 Å². The van der Waals surface area contributed by atoms with Gasteiger partial charge in [-0.05, 0) is 18.6 Å². The Hall–Kier alpha value is -1.47. The number of halogens is 3. The lowest BCUT2D eigenvalue weighted by Crippen LogP contribution is -2.45. The number of nitrogens with one attached hydrogen (secondary N) is 1. The Labute approximate surface area is 127 Å². The first-order valence-electron chi connectivity index (χ1n) is 7.30. The van der Waals surface area contributed by atoms with E-state index >= 15 is 0 Å². The van der Waals surface area contributed by atoms with Crippen molar-refractivity contribution in [1.82, 2.24) is 10.2 Å². The van der Waals surface area contributed by atoms with Crippen molar-refractivity contribution in [2.45, 2.75) is 25.1 Å². The summed E-state index contributed by atoms with van der Waals surface area (Å²) in [5.74, 6) is 0.399. The first-order chi connectivity index (χ1) is 10.4. The minimum Gasteiger partial charge on any atom is -0.507 e. The number of rotatable bonds is 5. The molecule has 0 saturated carbocycles. The van der Waals surface area contributed by atoms with Crippen LogP contribution in [-0.4, -0.2) is 49.5 Å². The van der Waals surface area contributed by atoms with Crippen molar-refractivity contribution < 1.29 is 23.0 Å². The van der Waals surface area contributed by atoms with Crippen molar-refractivity contribution in [3.05, 3.63) is 23.8 Å². The van der Waals surface area contributed by atoms with Crippen molar-refractivity contribution in [3.63, 3.8) is 0 Å². The average molecular weight is 318 g/mol. The second-order valence-electron chi connectivity index (χ2n) is 5.35. The molecule has 1 heterocycles. The number of phenolic OH excluding ortho intramolecular Hbond substituents is 1. The number of hydrogen-bond donors (Lipinski definition) is 2. The Morgan fingerprint density at radius 2 is 2.00 bits per heavy atom. The van der Waals surface area contributed by atoms with Crippen LogP contribution in [0.5, 0.6) is 11.5 Å². The van der Waals surface area contributed by atoms with E-state index in [1.807, 2.05) is 4.90 Å². The lowest BCUT2D eigenvalue weighted by atomic mass is 9.97. The van der Waals surface area contributed by atoms with Gasteiger partial charge in [-0.15, -0.1) is 0 Å². The lowest BCUT2D eigenvalue weighted by Gasteiger charge is -2.36. The predicted octanol–water partition coefficient (Wildman–Crippen LogP) is 2.69. The molecule has 1 aromatic rings. The van der Waals surface area contributed by atoms with Gasteiger partial charge in [-0.3, -0.25) is 4.90 Å². The molecular weight excluding hydrogens is 297 g/mol. The highest BCUT2D eigenvalue weighted by molar-refractivity contribution is 5.46. The molecule has 1 aliphatic rings. The van der Waals surface area contributed by atoms with Gasteiger partial charge in [-0.1, -0.05) is 6.07 Å². The average Bonchev–Trinajstić information content (AvgIpc) is 2.48. The highest BCUT2D eigenvalue weighted by Crippen LogP contribution is 2.40. The molecular formula is C15H21F3N2O2. The van der Waals surface area contributed by atoms with Gasteiger partial charge >= 0.3 is 6.18 Å². The fourth-order valence-electron chi connectivity index (χ4n) is 2.85. The van der Waals surface area contributed by atoms with E-state index < -0.39 is 18.6 Å². The number of phenols is 1. The van der Waals surface area contributed by atoms with E-state index in [-0.39, 0.29) is 12.2 Å². The first-order valence-corrected chi connectivity index (χ1v) is 7.30. The molecule has 4 nitrogen and oxygen atoms in total. The van der Waals surface area contributed by atoms with Crippen LogP contribution in [0, 0.1) is 0 Å². The maximum atomic E-state index is 12.7. The zero-order valence-corrected chi connectivity index (χ0v) is 12.5. The number of alkyl halides is 3. The number of ether oxygens (including phenoxy) is 1. The van der Waals surface area contributed by atoms with Crippen LogP contribution in [-0.2, 0) is 0 Å². The molecule has 0 amide bonds. The highest BCUT2D eigenvalue weighted by atomic mass is 19.4. The summed E-state index contributed by atoms with van der Waals surface area (Å²) < 4.78 is 43.2. The number of hydrogen-bond acceptors (Lipinski definition) is 4. The molecule has 1 fully saturated rings. The van der Waals surface area contributed by atoms with Gasteiger partial charge in [0.05, 0.1) is 12.7 Å². The molecule has 0 spiro atoms. The third-order valence-corrected chi connectivity index (χ3v) is 3.89. The van der Waals surface area contributed by atoms with Gasteiger partial charge < -0.3 is 15.2 Å². The monoisotopic (exact) mass is 318 g/mol. The van der Waals surface area contributed by atoms with Crippen LogP contribution >= 0.6 is 0 Å². The number of benzene rings is 1. The molecule has 1 atom stereocenters. The summed E-state index contributed by atoms with van der Waals surface area (Å²) in [5.41, 5.74) is 0.441. The number of methoxy groups -OCH3 is 1. The van der Waals surface area contributed by atoms with Gasteiger partial charge in [-0.2, -0.15) is 13.2 Å². The largest absolute Gasteiger partial charge is 0.507 e. The molecule has 0 unspecified atom stereocenters. The molecule has 1 aromatic carbocycles. The SMILES string of the molecule is COc1cccc(O)c1[C@H](CCC(F)(F)F)N1CCNCC1. The molecule has 0 bridgehead atoms. The fraction of sp³-hybridized carbons (Fsp3) is 0.600. The summed E-state index contributed by atoms with van der Waals surface area (Å²) in [7, 11) is 1.46. The summed E-state index contributed by atoms with van der Waals surface area (Å²) in [6.07, 6.45) is -5.21. The normalized spacial score (nSPS) is 18.2. The van der Waals surface area contributed by atoms with Crippen molar-refractivity contribution >= 4 is 0 Å². The van der Waals surface area contributed by atoms with Crippen LogP contribution in [0.2, 0.25) is 0 Å². The maximum absolute atomic E-state index is 12.7. The smallest absolute Gasteiger partial charge is 0.389 e. The second kappa shape index (κ2) is 7.19. The number of aromatic hydroxyl groups is 1. The summed E-state index contributed by atoms with van der Waals surface area (Å²) in [6, 6.07) is 4.26. The summed E-state index contributed by atoms with van der Waals surface area (Å²) in [4.78, 5) is 1.97. The molecule has 2 rings (SSSR count). The standard InChI is InChI=1S/C15H21F3N2O2/c1-22-13-4-2-3-12(21)14(13)11(5-6-15(16,17)18)20-9-7-19-8-10-20/h2-4,11,19,21H,5-10H2,1H3/t11-/m0/s1. The van der Waals surface area contributed by atoms with Gasteiger partial charge in [0.25, 0.3) is 0 Å². The third kappa shape index (κ3) is 4.27. The van der Waals surface area contributed by atoms with Crippen LogP contribution in [0.15, 0.2) is 18.2 Å². The fourth-order valence-corrected chi connectivity index (χ4v) is 2.85. The van der Waals surface area contributed by atoms with Crippen molar-refractivity contribution in [2.75, 3.05) is 33.3 Å². The first kappa shape index (κ1) is 16.9. The van der Waals surface area contributed by atoms with Crippen LogP contribution < -0.4 is 10.1 Å². The summed E-state index contributed by atoms with van der Waals surface area (Å²) >= 11 is 0. The second-order valence-corrected chi connectivity index (χ2v) is 5.35. The van der Waals surface area contributed by atoms with Crippen molar-refractivity contribution in [2.24, 2.45) is 0 Å². The van der Waals surface area contributed by atoms with E-state index in [1.54, 1.807) is 12.1 Å². The molecule has 1 aliphatic heterocycles.